The van der Waals surface area contributed by atoms with Gasteiger partial charge in [-0.2, -0.15) is 0 Å². The smallest absolute Gasteiger partial charge is 0.253 e. The van der Waals surface area contributed by atoms with Crippen LogP contribution in [0.2, 0.25) is 5.02 Å². The third-order valence-corrected chi connectivity index (χ3v) is 4.15. The molecule has 0 saturated carbocycles. The molecule has 2 aromatic rings. The summed E-state index contributed by atoms with van der Waals surface area (Å²) in [6, 6.07) is 14.1. The Kier molecular flexibility index (Phi) is 6.04. The van der Waals surface area contributed by atoms with Crippen molar-refractivity contribution < 1.29 is 4.79 Å². The van der Waals surface area contributed by atoms with Crippen LogP contribution in [0.25, 0.3) is 0 Å². The number of amides is 1. The first-order valence-electron chi connectivity index (χ1n) is 6.73. The van der Waals surface area contributed by atoms with Gasteiger partial charge in [0, 0.05) is 5.56 Å². The van der Waals surface area contributed by atoms with E-state index in [1.165, 1.54) is 0 Å². The topological polar surface area (TPSA) is 41.1 Å². The standard InChI is InChI=1S/C16H14Cl4N2O/c1-10-6-2-3-7-11(10)14(23)22-15(16(18,19)20)21-13-9-5-4-8-12(13)17/h2-9,15,21H,1H3,(H,22,23)/t15-/m1/s1. The highest BCUT2D eigenvalue weighted by Crippen LogP contribution is 2.33. The van der Waals surface area contributed by atoms with Gasteiger partial charge in [0.25, 0.3) is 5.91 Å². The molecule has 7 heteroatoms. The van der Waals surface area contributed by atoms with Crippen LogP contribution in [0.1, 0.15) is 15.9 Å². The van der Waals surface area contributed by atoms with Crippen LogP contribution in [-0.4, -0.2) is 15.9 Å². The van der Waals surface area contributed by atoms with E-state index in [4.69, 9.17) is 46.4 Å². The van der Waals surface area contributed by atoms with Crippen molar-refractivity contribution in [1.82, 2.24) is 5.32 Å². The second-order valence-corrected chi connectivity index (χ2v) is 7.66. The van der Waals surface area contributed by atoms with Crippen LogP contribution in [0.3, 0.4) is 0 Å². The molecule has 2 N–H and O–H groups in total. The quantitative estimate of drug-likeness (QED) is 0.556. The van der Waals surface area contributed by atoms with Gasteiger partial charge in [-0.05, 0) is 30.7 Å². The van der Waals surface area contributed by atoms with E-state index in [-0.39, 0.29) is 5.91 Å². The molecule has 1 atom stereocenters. The summed E-state index contributed by atoms with van der Waals surface area (Å²) >= 11 is 24.0. The van der Waals surface area contributed by atoms with Crippen LogP contribution in [0.5, 0.6) is 0 Å². The van der Waals surface area contributed by atoms with Gasteiger partial charge in [-0.25, -0.2) is 0 Å². The van der Waals surface area contributed by atoms with Gasteiger partial charge in [0.15, 0.2) is 0 Å². The normalized spacial score (nSPS) is 12.6. The molecule has 0 heterocycles. The van der Waals surface area contributed by atoms with Crippen LogP contribution < -0.4 is 10.6 Å². The van der Waals surface area contributed by atoms with Crippen LogP contribution in [0.4, 0.5) is 5.69 Å². The van der Waals surface area contributed by atoms with Crippen LogP contribution in [0.15, 0.2) is 48.5 Å². The van der Waals surface area contributed by atoms with E-state index in [1.54, 1.807) is 36.4 Å². The summed E-state index contributed by atoms with van der Waals surface area (Å²) in [7, 11) is 0. The molecule has 2 rings (SSSR count). The molecule has 0 aliphatic rings. The fourth-order valence-electron chi connectivity index (χ4n) is 1.97. The maximum absolute atomic E-state index is 12.4. The molecule has 0 aliphatic heterocycles. The minimum absolute atomic E-state index is 0.348. The zero-order chi connectivity index (χ0) is 17.0. The zero-order valence-corrected chi connectivity index (χ0v) is 15.1. The highest BCUT2D eigenvalue weighted by Gasteiger charge is 2.34. The average molecular weight is 392 g/mol. The number of rotatable bonds is 4. The van der Waals surface area contributed by atoms with Gasteiger partial charge in [-0.3, -0.25) is 4.79 Å². The highest BCUT2D eigenvalue weighted by atomic mass is 35.6. The van der Waals surface area contributed by atoms with Crippen molar-refractivity contribution in [3.63, 3.8) is 0 Å². The maximum atomic E-state index is 12.4. The molecule has 3 nitrogen and oxygen atoms in total. The number of carbonyl (C=O) groups excluding carboxylic acids is 1. The summed E-state index contributed by atoms with van der Waals surface area (Å²) in [5.41, 5.74) is 1.88. The number of aryl methyl sites for hydroxylation is 1. The summed E-state index contributed by atoms with van der Waals surface area (Å²) in [5, 5.41) is 6.09. The molecule has 23 heavy (non-hydrogen) atoms. The molecular weight excluding hydrogens is 378 g/mol. The average Bonchev–Trinajstić information content (AvgIpc) is 2.48. The Morgan fingerprint density at radius 2 is 1.65 bits per heavy atom. The maximum Gasteiger partial charge on any atom is 0.253 e. The monoisotopic (exact) mass is 390 g/mol. The first kappa shape index (κ1) is 18.2. The Hall–Kier alpha value is -1.13. The van der Waals surface area contributed by atoms with Gasteiger partial charge in [-0.1, -0.05) is 76.7 Å². The number of alkyl halides is 3. The number of anilines is 1. The highest BCUT2D eigenvalue weighted by molar-refractivity contribution is 6.68. The van der Waals surface area contributed by atoms with Gasteiger partial charge in [0.2, 0.25) is 3.79 Å². The summed E-state index contributed by atoms with van der Waals surface area (Å²) in [6.45, 7) is 1.83. The lowest BCUT2D eigenvalue weighted by molar-refractivity contribution is 0.0941. The minimum atomic E-state index is -1.77. The van der Waals surface area contributed by atoms with E-state index in [1.807, 2.05) is 19.1 Å². The Bertz CT molecular complexity index is 700. The number of hydrogen-bond donors (Lipinski definition) is 2. The van der Waals surface area contributed by atoms with E-state index in [9.17, 15) is 4.79 Å². The largest absolute Gasteiger partial charge is 0.361 e. The molecular formula is C16H14Cl4N2O. The van der Waals surface area contributed by atoms with E-state index >= 15 is 0 Å². The molecule has 0 saturated heterocycles. The summed E-state index contributed by atoms with van der Waals surface area (Å²) in [6.07, 6.45) is -0.959. The van der Waals surface area contributed by atoms with Gasteiger partial charge >= 0.3 is 0 Å². The predicted octanol–water partition coefficient (Wildman–Crippen LogP) is 5.19. The second-order valence-electron chi connectivity index (χ2n) is 4.89. The summed E-state index contributed by atoms with van der Waals surface area (Å²) in [4.78, 5) is 12.4. The number of nitrogens with one attached hydrogen (secondary N) is 2. The molecule has 0 fully saturated rings. The van der Waals surface area contributed by atoms with Crippen molar-refractivity contribution >= 4 is 58.0 Å². The summed E-state index contributed by atoms with van der Waals surface area (Å²) in [5.74, 6) is -0.348. The van der Waals surface area contributed by atoms with Crippen molar-refractivity contribution in [2.24, 2.45) is 0 Å². The molecule has 0 unspecified atom stereocenters. The third-order valence-electron chi connectivity index (χ3n) is 3.17. The number of para-hydroxylation sites is 1. The minimum Gasteiger partial charge on any atom is -0.361 e. The molecule has 122 valence electrons. The molecule has 0 aromatic heterocycles. The number of benzene rings is 2. The Morgan fingerprint density at radius 3 is 2.26 bits per heavy atom. The van der Waals surface area contributed by atoms with Gasteiger partial charge in [0.1, 0.15) is 6.17 Å². The van der Waals surface area contributed by atoms with Crippen molar-refractivity contribution in [3.8, 4) is 0 Å². The first-order chi connectivity index (χ1) is 10.8. The van der Waals surface area contributed by atoms with E-state index in [0.29, 0.717) is 16.3 Å². The zero-order valence-electron chi connectivity index (χ0n) is 12.1. The van der Waals surface area contributed by atoms with Crippen molar-refractivity contribution in [2.45, 2.75) is 16.9 Å². The summed E-state index contributed by atoms with van der Waals surface area (Å²) < 4.78 is -1.77. The van der Waals surface area contributed by atoms with E-state index in [2.05, 4.69) is 10.6 Å². The van der Waals surface area contributed by atoms with Gasteiger partial charge in [0.05, 0.1) is 10.7 Å². The predicted molar refractivity (Wildman–Crippen MR) is 97.8 cm³/mol. The lowest BCUT2D eigenvalue weighted by atomic mass is 10.1. The molecule has 0 radical (unpaired) electrons. The fraction of sp³-hybridized carbons (Fsp3) is 0.188. The lowest BCUT2D eigenvalue weighted by Gasteiger charge is -2.28. The molecule has 0 spiro atoms. The number of halogens is 4. The molecule has 0 aliphatic carbocycles. The van der Waals surface area contributed by atoms with Gasteiger partial charge < -0.3 is 10.6 Å². The van der Waals surface area contributed by atoms with Gasteiger partial charge in [-0.15, -0.1) is 0 Å². The first-order valence-corrected chi connectivity index (χ1v) is 8.24. The number of carbonyl (C=O) groups is 1. The van der Waals surface area contributed by atoms with Crippen molar-refractivity contribution in [2.75, 3.05) is 5.32 Å². The lowest BCUT2D eigenvalue weighted by Crippen LogP contribution is -2.49. The van der Waals surface area contributed by atoms with Crippen LogP contribution in [0, 0.1) is 6.92 Å². The third kappa shape index (κ3) is 4.92. The SMILES string of the molecule is Cc1ccccc1C(=O)N[C@@H](Nc1ccccc1Cl)C(Cl)(Cl)Cl. The Labute approximate surface area is 154 Å². The second kappa shape index (κ2) is 7.63. The van der Waals surface area contributed by atoms with Crippen molar-refractivity contribution in [1.29, 1.82) is 0 Å². The Morgan fingerprint density at radius 1 is 1.04 bits per heavy atom. The fourth-order valence-corrected chi connectivity index (χ4v) is 2.49. The molecule has 2 aromatic carbocycles. The van der Waals surface area contributed by atoms with E-state index in [0.717, 1.165) is 5.56 Å². The van der Waals surface area contributed by atoms with E-state index < -0.39 is 9.96 Å². The number of hydrogen-bond acceptors (Lipinski definition) is 2. The van der Waals surface area contributed by atoms with Crippen molar-refractivity contribution in [3.05, 3.63) is 64.7 Å². The Balaban J connectivity index is 2.22. The van der Waals surface area contributed by atoms with Crippen LogP contribution >= 0.6 is 46.4 Å². The van der Waals surface area contributed by atoms with Crippen LogP contribution in [-0.2, 0) is 0 Å². The molecule has 0 bridgehead atoms. The molecule has 1 amide bonds.